The topological polar surface area (TPSA) is 146 Å². The minimum atomic E-state index is 0.334. The number of methoxy groups -OCH3 is 4. The predicted molar refractivity (Wildman–Crippen MR) is 246 cm³/mol. The number of H-pyrrole nitrogens is 2. The van der Waals surface area contributed by atoms with Crippen molar-refractivity contribution in [3.8, 4) is 68.0 Å². The van der Waals surface area contributed by atoms with Crippen LogP contribution < -0.4 is 18.9 Å². The van der Waals surface area contributed by atoms with Gasteiger partial charge < -0.3 is 28.9 Å². The first kappa shape index (κ1) is 39.8. The molecule has 9 rings (SSSR count). The molecule has 0 saturated heterocycles. The molecule has 62 heavy (non-hydrogen) atoms. The fraction of sp³-hybridized carbons (Fsp3) is 0.200. The Bertz CT molecular complexity index is 2970. The summed E-state index contributed by atoms with van der Waals surface area (Å²) in [6.07, 6.45) is 11.0. The fourth-order valence-corrected chi connectivity index (χ4v) is 9.16. The number of ether oxygens (including phenoxy) is 4. The number of nitrogens with zero attached hydrogens (tertiary/aromatic N) is 6. The van der Waals surface area contributed by atoms with Gasteiger partial charge in [0.25, 0.3) is 0 Å². The van der Waals surface area contributed by atoms with Gasteiger partial charge in [-0.05, 0) is 123 Å². The summed E-state index contributed by atoms with van der Waals surface area (Å²) in [5, 5.41) is 0. The van der Waals surface area contributed by atoms with E-state index in [2.05, 4.69) is 120 Å². The highest BCUT2D eigenvalue weighted by atomic mass is 16.5. The molecule has 2 aromatic carbocycles. The quantitative estimate of drug-likeness (QED) is 0.152. The molecule has 0 saturated carbocycles. The minimum absolute atomic E-state index is 0.334. The molecule has 7 heterocycles. The molecule has 8 bridgehead atoms. The standard InChI is InChI=1S/C50H46N8O4/c1-25-19-27(3)39(28(4)20-25)41-31-11-15-35(55-31)43(45-47(59-7)51-23-52-48(45)60-8)37-17-13-33(57-37)42(40-29(5)21-26(2)22-30(40)6)34-14-18-38(58-34)44(36-16-12-32(41)56-36)46-49(61-9)53-24-54-50(46)62-10/h11-24,55,57H,1-10H3. The van der Waals surface area contributed by atoms with Gasteiger partial charge in [0, 0.05) is 44.3 Å². The molecular weight excluding hydrogens is 777 g/mol. The maximum Gasteiger partial charge on any atom is 0.228 e. The predicted octanol–water partition coefficient (Wildman–Crippen LogP) is 10.8. The van der Waals surface area contributed by atoms with Gasteiger partial charge in [0.05, 0.1) is 51.2 Å². The van der Waals surface area contributed by atoms with Crippen molar-refractivity contribution < 1.29 is 18.9 Å². The molecule has 0 fully saturated rings. The number of fused-ring (bicyclic) bond motifs is 8. The normalized spacial score (nSPS) is 11.9. The number of rotatable bonds is 8. The Kier molecular flexibility index (Phi) is 10.1. The van der Waals surface area contributed by atoms with Crippen molar-refractivity contribution in [2.45, 2.75) is 41.5 Å². The van der Waals surface area contributed by atoms with E-state index < -0.39 is 0 Å². The zero-order valence-electron chi connectivity index (χ0n) is 36.4. The summed E-state index contributed by atoms with van der Waals surface area (Å²) in [6, 6.07) is 17.1. The summed E-state index contributed by atoms with van der Waals surface area (Å²) >= 11 is 0. The van der Waals surface area contributed by atoms with Crippen LogP contribution in [0.5, 0.6) is 23.5 Å². The number of hydrogen-bond acceptors (Lipinski definition) is 10. The first-order chi connectivity index (χ1) is 30.0. The van der Waals surface area contributed by atoms with E-state index in [1.807, 2.05) is 24.3 Å². The smallest absolute Gasteiger partial charge is 0.228 e. The number of aromatic nitrogens is 8. The largest absolute Gasteiger partial charge is 0.480 e. The van der Waals surface area contributed by atoms with Crippen molar-refractivity contribution in [2.24, 2.45) is 0 Å². The average Bonchev–Trinajstić information content (AvgIpc) is 4.10. The SMILES string of the molecule is COc1ncnc(OC)c1-c1c2nc(c(-c3c(C)cc(C)cc3C)c3ccc([nH]3)c(-c3c(OC)ncnc3OC)c3ccc([nH]3)c(-c3c(C)cc(C)cc3C)c3nc1C=C3)C=C2. The second kappa shape index (κ2) is 15.8. The second-order valence-corrected chi connectivity index (χ2v) is 15.6. The molecule has 0 radical (unpaired) electrons. The zero-order chi connectivity index (χ0) is 43.4. The van der Waals surface area contributed by atoms with Crippen LogP contribution in [0.3, 0.4) is 0 Å². The van der Waals surface area contributed by atoms with Crippen molar-refractivity contribution >= 4 is 46.4 Å². The maximum absolute atomic E-state index is 5.92. The number of benzene rings is 2. The van der Waals surface area contributed by atoms with Crippen LogP contribution in [0.2, 0.25) is 0 Å². The van der Waals surface area contributed by atoms with Crippen molar-refractivity contribution in [3.63, 3.8) is 0 Å². The average molecular weight is 823 g/mol. The highest BCUT2D eigenvalue weighted by molar-refractivity contribution is 6.02. The van der Waals surface area contributed by atoms with Crippen LogP contribution in [0.1, 0.15) is 56.2 Å². The molecule has 2 N–H and O–H groups in total. The van der Waals surface area contributed by atoms with Crippen molar-refractivity contribution in [1.29, 1.82) is 0 Å². The van der Waals surface area contributed by atoms with E-state index in [1.54, 1.807) is 28.4 Å². The third-order valence-corrected chi connectivity index (χ3v) is 11.4. The first-order valence-electron chi connectivity index (χ1n) is 20.2. The summed E-state index contributed by atoms with van der Waals surface area (Å²) < 4.78 is 23.7. The van der Waals surface area contributed by atoms with E-state index >= 15 is 0 Å². The molecule has 0 unspecified atom stereocenters. The maximum atomic E-state index is 5.92. The molecule has 2 aliphatic heterocycles. The van der Waals surface area contributed by atoms with Gasteiger partial charge in [0.1, 0.15) is 23.8 Å². The lowest BCUT2D eigenvalue weighted by molar-refractivity contribution is 0.374. The Balaban J connectivity index is 1.55. The summed E-state index contributed by atoms with van der Waals surface area (Å²) in [6.45, 7) is 12.8. The molecular formula is C50H46N8O4. The van der Waals surface area contributed by atoms with Crippen molar-refractivity contribution in [3.05, 3.63) is 117 Å². The van der Waals surface area contributed by atoms with Gasteiger partial charge in [-0.3, -0.25) is 0 Å². The summed E-state index contributed by atoms with van der Waals surface area (Å²) in [5.41, 5.74) is 19.3. The molecule has 0 atom stereocenters. The molecule has 2 aliphatic rings. The van der Waals surface area contributed by atoms with Crippen LogP contribution in [-0.4, -0.2) is 68.3 Å². The van der Waals surface area contributed by atoms with E-state index in [-0.39, 0.29) is 0 Å². The fourth-order valence-electron chi connectivity index (χ4n) is 9.16. The lowest BCUT2D eigenvalue weighted by atomic mass is 9.92. The first-order valence-corrected chi connectivity index (χ1v) is 20.2. The van der Waals surface area contributed by atoms with Crippen LogP contribution in [0.4, 0.5) is 0 Å². The van der Waals surface area contributed by atoms with E-state index in [1.165, 1.54) is 23.8 Å². The molecule has 12 nitrogen and oxygen atoms in total. The molecule has 0 amide bonds. The van der Waals surface area contributed by atoms with Gasteiger partial charge in [-0.25, -0.2) is 29.9 Å². The molecule has 0 spiro atoms. The number of nitrogens with one attached hydrogen (secondary N) is 2. The van der Waals surface area contributed by atoms with Gasteiger partial charge >= 0.3 is 0 Å². The zero-order valence-corrected chi connectivity index (χ0v) is 36.4. The van der Waals surface area contributed by atoms with E-state index in [0.29, 0.717) is 51.6 Å². The van der Waals surface area contributed by atoms with Crippen molar-refractivity contribution in [2.75, 3.05) is 28.4 Å². The van der Waals surface area contributed by atoms with Crippen LogP contribution in [0, 0.1) is 41.5 Å². The number of aryl methyl sites for hydroxylation is 6. The summed E-state index contributed by atoms with van der Waals surface area (Å²) in [5.74, 6) is 1.39. The van der Waals surface area contributed by atoms with Crippen LogP contribution in [0.25, 0.3) is 90.9 Å². The second-order valence-electron chi connectivity index (χ2n) is 15.6. The Hall–Kier alpha value is -7.60. The minimum Gasteiger partial charge on any atom is -0.480 e. The summed E-state index contributed by atoms with van der Waals surface area (Å²) in [7, 11) is 6.37. The van der Waals surface area contributed by atoms with Gasteiger partial charge in [0.15, 0.2) is 0 Å². The Morgan fingerprint density at radius 3 is 0.968 bits per heavy atom. The Morgan fingerprint density at radius 1 is 0.355 bits per heavy atom. The third-order valence-electron chi connectivity index (χ3n) is 11.4. The van der Waals surface area contributed by atoms with Gasteiger partial charge in [-0.2, -0.15) is 0 Å². The van der Waals surface area contributed by atoms with Gasteiger partial charge in [0.2, 0.25) is 23.5 Å². The van der Waals surface area contributed by atoms with Gasteiger partial charge in [-0.1, -0.05) is 35.4 Å². The molecule has 7 aromatic rings. The van der Waals surface area contributed by atoms with E-state index in [4.69, 9.17) is 28.9 Å². The highest BCUT2D eigenvalue weighted by Crippen LogP contribution is 2.45. The Labute approximate surface area is 359 Å². The lowest BCUT2D eigenvalue weighted by Gasteiger charge is -2.14. The number of aromatic amines is 2. The summed E-state index contributed by atoms with van der Waals surface area (Å²) in [4.78, 5) is 36.7. The molecule has 12 heteroatoms. The van der Waals surface area contributed by atoms with Crippen molar-refractivity contribution in [1.82, 2.24) is 39.9 Å². The number of hydrogen-bond donors (Lipinski definition) is 2. The molecule has 310 valence electrons. The van der Waals surface area contributed by atoms with E-state index in [9.17, 15) is 0 Å². The monoisotopic (exact) mass is 822 g/mol. The van der Waals surface area contributed by atoms with Crippen LogP contribution in [0.15, 0.2) is 61.2 Å². The molecule has 5 aromatic heterocycles. The third kappa shape index (κ3) is 6.64. The van der Waals surface area contributed by atoms with Gasteiger partial charge in [-0.15, -0.1) is 0 Å². The Morgan fingerprint density at radius 2 is 0.645 bits per heavy atom. The van der Waals surface area contributed by atoms with E-state index in [0.717, 1.165) is 83.5 Å². The lowest BCUT2D eigenvalue weighted by Crippen LogP contribution is -2.01. The highest BCUT2D eigenvalue weighted by Gasteiger charge is 2.27. The van der Waals surface area contributed by atoms with Crippen LogP contribution >= 0.6 is 0 Å². The van der Waals surface area contributed by atoms with Crippen LogP contribution in [-0.2, 0) is 0 Å². The molecule has 0 aliphatic carbocycles.